The number of benzene rings is 2. The van der Waals surface area contributed by atoms with Gasteiger partial charge in [0.2, 0.25) is 0 Å². The molecular formula is C32H36N2O8S. The molecule has 0 bridgehead atoms. The largest absolute Gasteiger partial charge is 0.469 e. The highest BCUT2D eigenvalue weighted by atomic mass is 32.2. The number of hydrogen-bond donors (Lipinski definition) is 0. The molecule has 228 valence electrons. The molecule has 11 heteroatoms. The molecule has 0 unspecified atom stereocenters. The van der Waals surface area contributed by atoms with Gasteiger partial charge in [0.1, 0.15) is 5.70 Å². The van der Waals surface area contributed by atoms with E-state index >= 15 is 0 Å². The number of carbonyl (C=O) groups is 3. The molecule has 0 saturated carbocycles. The fourth-order valence-corrected chi connectivity index (χ4v) is 6.11. The van der Waals surface area contributed by atoms with Crippen molar-refractivity contribution in [3.63, 3.8) is 0 Å². The first-order chi connectivity index (χ1) is 20.6. The van der Waals surface area contributed by atoms with Crippen LogP contribution in [0.1, 0.15) is 29.7 Å². The number of aryl methyl sites for hydroxylation is 1. The number of fused-ring (bicyclic) bond motifs is 1. The van der Waals surface area contributed by atoms with Crippen LogP contribution < -0.4 is 0 Å². The number of para-hydroxylation sites is 1. The second-order valence-electron chi connectivity index (χ2n) is 9.51. The van der Waals surface area contributed by atoms with Crippen LogP contribution in [0.15, 0.2) is 83.9 Å². The van der Waals surface area contributed by atoms with Crippen LogP contribution in [-0.4, -0.2) is 69.6 Å². The zero-order chi connectivity index (χ0) is 31.6. The number of allylic oxidation sites excluding steroid dienone is 1. The first-order valence-corrected chi connectivity index (χ1v) is 14.9. The summed E-state index contributed by atoms with van der Waals surface area (Å²) in [6.45, 7) is 6.04. The van der Waals surface area contributed by atoms with Gasteiger partial charge in [0.05, 0.1) is 43.5 Å². The summed E-state index contributed by atoms with van der Waals surface area (Å²) in [5, 5.41) is 0.695. The number of methoxy groups -OCH3 is 3. The van der Waals surface area contributed by atoms with Gasteiger partial charge in [0, 0.05) is 24.9 Å². The highest BCUT2D eigenvalue weighted by Crippen LogP contribution is 2.32. The van der Waals surface area contributed by atoms with Crippen LogP contribution in [0, 0.1) is 6.92 Å². The molecule has 3 aromatic rings. The maximum Gasteiger partial charge on any atom is 0.354 e. The summed E-state index contributed by atoms with van der Waals surface area (Å²) < 4.78 is 43.9. The fourth-order valence-electron chi connectivity index (χ4n) is 4.57. The molecule has 43 heavy (non-hydrogen) atoms. The highest BCUT2D eigenvalue weighted by molar-refractivity contribution is 7.90. The van der Waals surface area contributed by atoms with Gasteiger partial charge in [0.25, 0.3) is 10.0 Å². The molecule has 0 spiro atoms. The second kappa shape index (κ2) is 15.0. The topological polar surface area (TPSA) is 121 Å². The number of esters is 3. The Labute approximate surface area is 251 Å². The van der Waals surface area contributed by atoms with Crippen LogP contribution >= 0.6 is 0 Å². The van der Waals surface area contributed by atoms with E-state index in [1.807, 2.05) is 19.1 Å². The van der Waals surface area contributed by atoms with E-state index in [-0.39, 0.29) is 42.5 Å². The molecule has 0 saturated heterocycles. The van der Waals surface area contributed by atoms with Gasteiger partial charge in [-0.15, -0.1) is 6.58 Å². The molecule has 0 fully saturated rings. The number of ether oxygens (including phenoxy) is 3. The number of rotatable bonds is 14. The predicted octanol–water partition coefficient (Wildman–Crippen LogP) is 4.41. The average molecular weight is 609 g/mol. The van der Waals surface area contributed by atoms with Gasteiger partial charge in [0.15, 0.2) is 0 Å². The van der Waals surface area contributed by atoms with Crippen molar-refractivity contribution in [3.8, 4) is 0 Å². The third kappa shape index (κ3) is 7.81. The molecule has 2 aromatic carbocycles. The molecule has 0 atom stereocenters. The van der Waals surface area contributed by atoms with Crippen molar-refractivity contribution < 1.29 is 37.0 Å². The van der Waals surface area contributed by atoms with Gasteiger partial charge in [-0.05, 0) is 49.6 Å². The van der Waals surface area contributed by atoms with Gasteiger partial charge >= 0.3 is 17.9 Å². The van der Waals surface area contributed by atoms with Crippen LogP contribution in [0.4, 0.5) is 0 Å². The minimum absolute atomic E-state index is 0.0274. The molecule has 0 N–H and O–H groups in total. The van der Waals surface area contributed by atoms with E-state index < -0.39 is 22.0 Å². The van der Waals surface area contributed by atoms with E-state index in [1.54, 1.807) is 59.5 Å². The maximum atomic E-state index is 14.1. The third-order valence-electron chi connectivity index (χ3n) is 6.73. The van der Waals surface area contributed by atoms with E-state index in [4.69, 9.17) is 14.2 Å². The predicted molar refractivity (Wildman–Crippen MR) is 164 cm³/mol. The molecule has 0 aliphatic carbocycles. The molecular weight excluding hydrogens is 572 g/mol. The summed E-state index contributed by atoms with van der Waals surface area (Å²) in [7, 11) is -0.336. The Balaban J connectivity index is 2.20. The Hall–Kier alpha value is -4.64. The molecule has 3 rings (SSSR count). The lowest BCUT2D eigenvalue weighted by atomic mass is 10.1. The Morgan fingerprint density at radius 3 is 2.30 bits per heavy atom. The van der Waals surface area contributed by atoms with Crippen molar-refractivity contribution in [2.24, 2.45) is 0 Å². The monoisotopic (exact) mass is 608 g/mol. The summed E-state index contributed by atoms with van der Waals surface area (Å²) in [5.41, 5.74) is 2.46. The Morgan fingerprint density at radius 2 is 1.67 bits per heavy atom. The van der Waals surface area contributed by atoms with Crippen LogP contribution in [0.3, 0.4) is 0 Å². The van der Waals surface area contributed by atoms with Gasteiger partial charge in [-0.3, -0.25) is 4.79 Å². The Morgan fingerprint density at radius 1 is 0.977 bits per heavy atom. The SMILES string of the molecule is C=CCN(CCc1c(/C=C/CCC(=O)OC)n(S(=O)(=O)c2ccc(C)cc2)c2ccccc12)/C(=C/C(=O)OC)C(=O)OC. The quantitative estimate of drug-likeness (QED) is 0.113. The Kier molecular flexibility index (Phi) is 11.5. The van der Waals surface area contributed by atoms with Gasteiger partial charge < -0.3 is 19.1 Å². The van der Waals surface area contributed by atoms with Crippen molar-refractivity contribution in [3.05, 3.63) is 95.9 Å². The first-order valence-electron chi connectivity index (χ1n) is 13.5. The van der Waals surface area contributed by atoms with Gasteiger partial charge in [-0.2, -0.15) is 0 Å². The number of hydrogen-bond acceptors (Lipinski definition) is 9. The lowest BCUT2D eigenvalue weighted by Gasteiger charge is -2.24. The summed E-state index contributed by atoms with van der Waals surface area (Å²) in [6.07, 6.45) is 6.77. The summed E-state index contributed by atoms with van der Waals surface area (Å²) in [4.78, 5) is 38.1. The zero-order valence-corrected chi connectivity index (χ0v) is 25.6. The fraction of sp³-hybridized carbons (Fsp3) is 0.281. The number of nitrogens with zero attached hydrogens (tertiary/aromatic N) is 2. The van der Waals surface area contributed by atoms with Crippen LogP contribution in [0.5, 0.6) is 0 Å². The first kappa shape index (κ1) is 32.9. The van der Waals surface area contributed by atoms with E-state index in [0.29, 0.717) is 28.6 Å². The van der Waals surface area contributed by atoms with Gasteiger partial charge in [-0.1, -0.05) is 48.0 Å². The smallest absolute Gasteiger partial charge is 0.354 e. The molecule has 1 heterocycles. The minimum atomic E-state index is -4.05. The van der Waals surface area contributed by atoms with E-state index in [2.05, 4.69) is 6.58 Å². The van der Waals surface area contributed by atoms with Crippen molar-refractivity contribution in [2.75, 3.05) is 34.4 Å². The molecule has 10 nitrogen and oxygen atoms in total. The third-order valence-corrected chi connectivity index (χ3v) is 8.47. The Bertz CT molecular complexity index is 1650. The number of carbonyl (C=O) groups excluding carboxylic acids is 3. The summed E-state index contributed by atoms with van der Waals surface area (Å²) in [5.74, 6) is -1.85. The molecule has 0 radical (unpaired) electrons. The standard InChI is InChI=1S/C32H36N2O8S/c1-6-20-33(29(32(37)42-5)22-31(36)41-4)21-19-26-25-11-7-8-12-27(25)34(28(26)13-9-10-14-30(35)40-3)43(38,39)24-17-15-23(2)16-18-24/h6-9,11-13,15-18,22H,1,10,14,19-21H2,2-5H3/b13-9+,29-22+. The molecule has 0 amide bonds. The van der Waals surface area contributed by atoms with E-state index in [1.165, 1.54) is 25.3 Å². The van der Waals surface area contributed by atoms with Gasteiger partial charge in [-0.25, -0.2) is 22.0 Å². The van der Waals surface area contributed by atoms with Crippen LogP contribution in [0.25, 0.3) is 17.0 Å². The highest BCUT2D eigenvalue weighted by Gasteiger charge is 2.27. The summed E-state index contributed by atoms with van der Waals surface area (Å²) >= 11 is 0. The summed E-state index contributed by atoms with van der Waals surface area (Å²) in [6, 6.07) is 13.7. The van der Waals surface area contributed by atoms with Crippen LogP contribution in [0.2, 0.25) is 0 Å². The molecule has 0 aliphatic heterocycles. The van der Waals surface area contributed by atoms with Crippen molar-refractivity contribution in [1.82, 2.24) is 8.87 Å². The zero-order valence-electron chi connectivity index (χ0n) is 24.7. The average Bonchev–Trinajstić information content (AvgIpc) is 3.33. The van der Waals surface area contributed by atoms with Crippen molar-refractivity contribution in [1.29, 1.82) is 0 Å². The number of aromatic nitrogens is 1. The lowest BCUT2D eigenvalue weighted by molar-refractivity contribution is -0.140. The van der Waals surface area contributed by atoms with E-state index in [9.17, 15) is 22.8 Å². The van der Waals surface area contributed by atoms with Crippen molar-refractivity contribution in [2.45, 2.75) is 31.1 Å². The van der Waals surface area contributed by atoms with E-state index in [0.717, 1.165) is 11.6 Å². The van der Waals surface area contributed by atoms with Crippen molar-refractivity contribution >= 4 is 44.9 Å². The molecule has 1 aromatic heterocycles. The lowest BCUT2D eigenvalue weighted by Crippen LogP contribution is -2.31. The van der Waals surface area contributed by atoms with Crippen LogP contribution in [-0.2, 0) is 45.0 Å². The minimum Gasteiger partial charge on any atom is -0.469 e. The maximum absolute atomic E-state index is 14.1. The second-order valence-corrected chi connectivity index (χ2v) is 11.3. The normalized spacial score (nSPS) is 11.9. The molecule has 0 aliphatic rings.